The van der Waals surface area contributed by atoms with E-state index in [-0.39, 0.29) is 91.1 Å². The third kappa shape index (κ3) is 17.0. The fraction of sp³-hybridized carbons (Fsp3) is 0.674. The summed E-state index contributed by atoms with van der Waals surface area (Å²) in [7, 11) is 1.57. The Balaban J connectivity index is 1.99. The van der Waals surface area contributed by atoms with E-state index in [2.05, 4.69) is 29.8 Å². The molecule has 1 unspecified atom stereocenters. The predicted molar refractivity (Wildman–Crippen MR) is 229 cm³/mol. The van der Waals surface area contributed by atoms with Crippen LogP contribution in [-0.2, 0) is 40.1 Å². The topological polar surface area (TPSA) is 214 Å². The Morgan fingerprint density at radius 1 is 0.881 bits per heavy atom. The molecular formula is C43H68N6O9S. The molecule has 15 nitrogen and oxygen atoms in total. The average Bonchev–Trinajstić information content (AvgIpc) is 3.44. The minimum absolute atomic E-state index is 0.00443. The molecule has 2 rings (SSSR count). The Morgan fingerprint density at radius 3 is 2.10 bits per heavy atom. The highest BCUT2D eigenvalue weighted by Gasteiger charge is 2.37. The highest BCUT2D eigenvalue weighted by atomic mass is 32.2. The number of carbonyl (C=O) groups excluding carboxylic acids is 8. The molecule has 0 saturated carbocycles. The molecule has 1 aromatic rings. The molecular weight excluding hydrogens is 777 g/mol. The van der Waals surface area contributed by atoms with Crippen molar-refractivity contribution in [3.63, 3.8) is 0 Å². The number of amides is 7. The van der Waals surface area contributed by atoms with Gasteiger partial charge in [-0.05, 0) is 73.3 Å². The van der Waals surface area contributed by atoms with Gasteiger partial charge in [-0.1, -0.05) is 67.0 Å². The van der Waals surface area contributed by atoms with Crippen LogP contribution >= 0.6 is 11.8 Å². The van der Waals surface area contributed by atoms with Crippen LogP contribution in [0.2, 0.25) is 0 Å². The predicted octanol–water partition coefficient (Wildman–Crippen LogP) is 5.69. The summed E-state index contributed by atoms with van der Waals surface area (Å²) < 4.78 is 5.55. The number of nitrogens with two attached hydrogens (primary N) is 1. The second kappa shape index (κ2) is 25.2. The van der Waals surface area contributed by atoms with Gasteiger partial charge in [-0.25, -0.2) is 9.59 Å². The maximum absolute atomic E-state index is 13.7. The van der Waals surface area contributed by atoms with Crippen LogP contribution in [0.4, 0.5) is 15.3 Å². The zero-order valence-electron chi connectivity index (χ0n) is 36.5. The molecule has 5 atom stereocenters. The van der Waals surface area contributed by atoms with Crippen LogP contribution < -0.4 is 21.7 Å². The van der Waals surface area contributed by atoms with Gasteiger partial charge < -0.3 is 31.3 Å². The van der Waals surface area contributed by atoms with Crippen molar-refractivity contribution in [3.8, 4) is 0 Å². The number of urea groups is 1. The SMILES string of the molecule is CSC1CC(=O)N(CCCCCC(=O)N[C@H](C(=O)C[C@@H](CCCNC(N)=O)C(=O)Nc2ccc(COC(=O)N(C)[C@H](C(=O)C[C@H](C)C(C)C)C(C)C)cc2)C(C)C)C1=O. The molecule has 1 aliphatic rings. The maximum Gasteiger partial charge on any atom is 0.410 e. The van der Waals surface area contributed by atoms with Crippen molar-refractivity contribution in [3.05, 3.63) is 29.8 Å². The number of rotatable bonds is 26. The number of hydrogen-bond donors (Lipinski definition) is 4. The van der Waals surface area contributed by atoms with E-state index in [1.807, 2.05) is 34.6 Å². The smallest absolute Gasteiger partial charge is 0.410 e. The van der Waals surface area contributed by atoms with E-state index in [1.165, 1.54) is 21.6 Å². The van der Waals surface area contributed by atoms with E-state index < -0.39 is 36.0 Å². The van der Waals surface area contributed by atoms with Crippen LogP contribution in [0.15, 0.2) is 24.3 Å². The largest absolute Gasteiger partial charge is 0.445 e. The number of unbranched alkanes of at least 4 members (excludes halogenated alkanes) is 2. The lowest BCUT2D eigenvalue weighted by Crippen LogP contribution is -2.46. The number of benzene rings is 1. The van der Waals surface area contributed by atoms with Gasteiger partial charge in [-0.15, -0.1) is 0 Å². The third-order valence-electron chi connectivity index (χ3n) is 10.9. The molecule has 330 valence electrons. The first-order valence-corrected chi connectivity index (χ1v) is 22.1. The Labute approximate surface area is 354 Å². The first kappa shape index (κ1) is 50.7. The Bertz CT molecular complexity index is 1600. The molecule has 1 fully saturated rings. The van der Waals surface area contributed by atoms with Gasteiger partial charge in [-0.3, -0.25) is 33.7 Å². The van der Waals surface area contributed by atoms with Crippen LogP contribution in [0.3, 0.4) is 0 Å². The lowest BCUT2D eigenvalue weighted by atomic mass is 9.87. The van der Waals surface area contributed by atoms with E-state index in [0.717, 1.165) is 0 Å². The van der Waals surface area contributed by atoms with Crippen LogP contribution in [0.25, 0.3) is 0 Å². The second-order valence-electron chi connectivity index (χ2n) is 16.6. The quantitative estimate of drug-likeness (QED) is 0.0661. The minimum Gasteiger partial charge on any atom is -0.445 e. The number of carbonyl (C=O) groups is 8. The second-order valence-corrected chi connectivity index (χ2v) is 17.7. The van der Waals surface area contributed by atoms with E-state index in [0.29, 0.717) is 55.8 Å². The highest BCUT2D eigenvalue weighted by molar-refractivity contribution is 8.00. The van der Waals surface area contributed by atoms with Gasteiger partial charge in [0.15, 0.2) is 11.6 Å². The Kier molecular flexibility index (Phi) is 21.7. The van der Waals surface area contributed by atoms with Crippen molar-refractivity contribution in [2.24, 2.45) is 35.3 Å². The van der Waals surface area contributed by atoms with Crippen molar-refractivity contribution in [1.82, 2.24) is 20.4 Å². The van der Waals surface area contributed by atoms with Crippen LogP contribution in [0.5, 0.6) is 0 Å². The number of likely N-dealkylation sites (tertiary alicyclic amines) is 1. The van der Waals surface area contributed by atoms with Gasteiger partial charge in [0.05, 0.1) is 17.3 Å². The summed E-state index contributed by atoms with van der Waals surface area (Å²) in [6.07, 6.45) is 4.14. The van der Waals surface area contributed by atoms with E-state index in [4.69, 9.17) is 10.5 Å². The molecule has 1 aromatic carbocycles. The van der Waals surface area contributed by atoms with Gasteiger partial charge >= 0.3 is 12.1 Å². The van der Waals surface area contributed by atoms with Crippen molar-refractivity contribution in [2.45, 2.75) is 130 Å². The zero-order chi connectivity index (χ0) is 44.4. The van der Waals surface area contributed by atoms with Crippen molar-refractivity contribution >= 4 is 64.8 Å². The number of ether oxygens (including phenoxy) is 1. The summed E-state index contributed by atoms with van der Waals surface area (Å²) in [5.74, 6) is -1.97. The molecule has 0 aliphatic carbocycles. The van der Waals surface area contributed by atoms with Gasteiger partial charge in [0.2, 0.25) is 23.6 Å². The molecule has 7 amide bonds. The van der Waals surface area contributed by atoms with Gasteiger partial charge in [0.25, 0.3) is 0 Å². The lowest BCUT2D eigenvalue weighted by molar-refractivity contribution is -0.138. The average molecular weight is 845 g/mol. The first-order valence-electron chi connectivity index (χ1n) is 20.8. The molecule has 1 heterocycles. The third-order valence-corrected chi connectivity index (χ3v) is 11.8. The summed E-state index contributed by atoms with van der Waals surface area (Å²) >= 11 is 1.37. The summed E-state index contributed by atoms with van der Waals surface area (Å²) in [4.78, 5) is 105. The standard InChI is InChI=1S/C43H68N6O9S/c1-26(2)29(7)22-34(51)39(28(5)6)48(8)43(57)58-25-30-16-18-32(19-17-30)46-40(54)31(14-13-20-45-42(44)56)23-33(50)38(27(3)4)47-36(52)15-11-10-12-21-49-37(53)24-35(59-9)41(49)55/h16-19,26-29,31,35,38-39H,10-15,20-25H2,1-9H3,(H,46,54)(H,47,52)(H3,44,45,56)/t29-,31+,35?,38-,39-/m0/s1. The number of anilines is 1. The fourth-order valence-electron chi connectivity index (χ4n) is 6.92. The molecule has 59 heavy (non-hydrogen) atoms. The number of Topliss-reactive ketones (excluding diaryl/α,β-unsaturated/α-hetero) is 2. The van der Waals surface area contributed by atoms with Crippen LogP contribution in [-0.4, -0.2) is 101 Å². The van der Waals surface area contributed by atoms with Crippen LogP contribution in [0.1, 0.15) is 112 Å². The Morgan fingerprint density at radius 2 is 1.54 bits per heavy atom. The molecule has 16 heteroatoms. The highest BCUT2D eigenvalue weighted by Crippen LogP contribution is 2.25. The molecule has 1 aliphatic heterocycles. The molecule has 0 aromatic heterocycles. The van der Waals surface area contributed by atoms with Crippen molar-refractivity contribution in [1.29, 1.82) is 0 Å². The minimum atomic E-state index is -0.830. The van der Waals surface area contributed by atoms with Gasteiger partial charge in [0, 0.05) is 57.4 Å². The summed E-state index contributed by atoms with van der Waals surface area (Å²) in [6, 6.07) is 4.57. The molecule has 1 saturated heterocycles. The normalized spacial score (nSPS) is 16.1. The Hall–Kier alpha value is -4.47. The zero-order valence-corrected chi connectivity index (χ0v) is 37.3. The number of hydrogen-bond acceptors (Lipinski definition) is 10. The monoisotopic (exact) mass is 844 g/mol. The molecule has 0 bridgehead atoms. The number of nitrogens with one attached hydrogen (secondary N) is 3. The summed E-state index contributed by atoms with van der Waals surface area (Å²) in [5.41, 5.74) is 6.32. The lowest BCUT2D eigenvalue weighted by Gasteiger charge is -2.30. The number of thioether (sulfide) groups is 1. The number of likely N-dealkylation sites (N-methyl/N-ethyl adjacent to an activating group) is 1. The van der Waals surface area contributed by atoms with E-state index in [1.54, 1.807) is 37.6 Å². The number of primary amides is 1. The molecule has 5 N–H and O–H groups in total. The first-order chi connectivity index (χ1) is 27.8. The maximum atomic E-state index is 13.7. The summed E-state index contributed by atoms with van der Waals surface area (Å²) in [5, 5.41) is 7.87. The summed E-state index contributed by atoms with van der Waals surface area (Å²) in [6.45, 7) is 14.1. The van der Waals surface area contributed by atoms with E-state index in [9.17, 15) is 38.4 Å². The van der Waals surface area contributed by atoms with E-state index >= 15 is 0 Å². The molecule has 0 spiro atoms. The number of imide groups is 1. The van der Waals surface area contributed by atoms with Crippen molar-refractivity contribution < 1.29 is 43.1 Å². The number of ketones is 2. The fourth-order valence-corrected chi connectivity index (χ4v) is 7.56. The molecule has 0 radical (unpaired) electrons. The van der Waals surface area contributed by atoms with Gasteiger partial charge in [-0.2, -0.15) is 11.8 Å². The number of nitrogens with zero attached hydrogens (tertiary/aromatic N) is 2. The van der Waals surface area contributed by atoms with Gasteiger partial charge in [0.1, 0.15) is 6.61 Å². The van der Waals surface area contributed by atoms with Crippen molar-refractivity contribution in [2.75, 3.05) is 31.7 Å². The van der Waals surface area contributed by atoms with Crippen LogP contribution in [0, 0.1) is 29.6 Å².